The van der Waals surface area contributed by atoms with E-state index in [1.165, 1.54) is 16.2 Å². The summed E-state index contributed by atoms with van der Waals surface area (Å²) in [7, 11) is -3.46. The topological polar surface area (TPSA) is 67.3 Å². The molecule has 30 heavy (non-hydrogen) atoms. The van der Waals surface area contributed by atoms with Crippen LogP contribution in [-0.4, -0.2) is 30.8 Å². The molecule has 0 N–H and O–H groups in total. The van der Waals surface area contributed by atoms with Gasteiger partial charge in [0, 0.05) is 0 Å². The van der Waals surface area contributed by atoms with E-state index < -0.39 is 21.5 Å². The summed E-state index contributed by atoms with van der Waals surface area (Å²) < 4.78 is 26.0. The molecule has 2 aromatic carbocycles. The minimum Gasteiger partial charge on any atom is -0.283 e. The largest absolute Gasteiger partial charge is 0.283 e. The second kappa shape index (κ2) is 9.71. The zero-order chi connectivity index (χ0) is 21.7. The first-order valence-corrected chi connectivity index (χ1v) is 12.9. The first-order chi connectivity index (χ1) is 14.3. The van der Waals surface area contributed by atoms with Gasteiger partial charge in [-0.15, -0.1) is 0 Å². The molecule has 1 aromatic heterocycles. The van der Waals surface area contributed by atoms with Crippen LogP contribution < -0.4 is 4.90 Å². The van der Waals surface area contributed by atoms with Crippen LogP contribution in [-0.2, 0) is 21.2 Å². The Morgan fingerprint density at radius 3 is 2.53 bits per heavy atom. The van der Waals surface area contributed by atoms with E-state index in [2.05, 4.69) is 11.1 Å². The Kier molecular flexibility index (Phi) is 7.26. The third-order valence-corrected chi connectivity index (χ3v) is 7.75. The van der Waals surface area contributed by atoms with Crippen LogP contribution in [0.2, 0.25) is 0 Å². The number of hydrogen-bond acceptors (Lipinski definition) is 5. The molecule has 0 atom stereocenters. The standard InChI is InChI=1S/C23H28N2O3S2/c1-4-5-9-12-30(27,28)16-21(26)25(15-19-10-7-6-8-11-19)23-24-20-14-17(2)13-18(3)22(20)29-23/h6-8,10-11,13-14H,4-5,9,12,15-16H2,1-3H3. The average Bonchev–Trinajstić information content (AvgIpc) is 3.10. The highest BCUT2D eigenvalue weighted by Gasteiger charge is 2.25. The van der Waals surface area contributed by atoms with Crippen molar-refractivity contribution in [1.29, 1.82) is 0 Å². The van der Waals surface area contributed by atoms with Gasteiger partial charge in [-0.3, -0.25) is 9.69 Å². The number of nitrogens with zero attached hydrogens (tertiary/aromatic N) is 2. The number of benzene rings is 2. The van der Waals surface area contributed by atoms with E-state index in [1.807, 2.05) is 57.2 Å². The second-order valence-electron chi connectivity index (χ2n) is 7.69. The summed E-state index contributed by atoms with van der Waals surface area (Å²) in [6.07, 6.45) is 2.37. The number of sulfone groups is 1. The molecule has 3 aromatic rings. The van der Waals surface area contributed by atoms with Gasteiger partial charge >= 0.3 is 0 Å². The summed E-state index contributed by atoms with van der Waals surface area (Å²) in [6, 6.07) is 13.7. The van der Waals surface area contributed by atoms with Gasteiger partial charge in [-0.25, -0.2) is 13.4 Å². The lowest BCUT2D eigenvalue weighted by molar-refractivity contribution is -0.116. The number of carbonyl (C=O) groups excluding carboxylic acids is 1. The lowest BCUT2D eigenvalue weighted by Crippen LogP contribution is -2.36. The number of unbranched alkanes of at least 4 members (excludes halogenated alkanes) is 2. The highest BCUT2D eigenvalue weighted by atomic mass is 32.2. The number of thiazole rings is 1. The molecular weight excluding hydrogens is 416 g/mol. The first kappa shape index (κ1) is 22.4. The van der Waals surface area contributed by atoms with Crippen LogP contribution in [0, 0.1) is 13.8 Å². The lowest BCUT2D eigenvalue weighted by Gasteiger charge is -2.20. The highest BCUT2D eigenvalue weighted by Crippen LogP contribution is 2.33. The molecule has 3 rings (SSSR count). The zero-order valence-corrected chi connectivity index (χ0v) is 19.4. The van der Waals surface area contributed by atoms with Crippen molar-refractivity contribution in [2.24, 2.45) is 0 Å². The van der Waals surface area contributed by atoms with Crippen molar-refractivity contribution in [2.45, 2.75) is 46.6 Å². The predicted octanol–water partition coefficient (Wildman–Crippen LogP) is 5.05. The van der Waals surface area contributed by atoms with Crippen molar-refractivity contribution in [3.05, 3.63) is 59.2 Å². The smallest absolute Gasteiger partial charge is 0.244 e. The molecule has 0 saturated carbocycles. The van der Waals surface area contributed by atoms with Crippen LogP contribution in [0.15, 0.2) is 42.5 Å². The number of hydrogen-bond donors (Lipinski definition) is 0. The molecule has 0 unspecified atom stereocenters. The van der Waals surface area contributed by atoms with Gasteiger partial charge in [-0.05, 0) is 43.0 Å². The van der Waals surface area contributed by atoms with Gasteiger partial charge < -0.3 is 0 Å². The number of fused-ring (bicyclic) bond motifs is 1. The van der Waals surface area contributed by atoms with Crippen molar-refractivity contribution in [3.63, 3.8) is 0 Å². The maximum atomic E-state index is 13.1. The fraction of sp³-hybridized carbons (Fsp3) is 0.391. The first-order valence-electron chi connectivity index (χ1n) is 10.2. The van der Waals surface area contributed by atoms with Gasteiger partial charge in [-0.2, -0.15) is 0 Å². The maximum absolute atomic E-state index is 13.1. The number of anilines is 1. The van der Waals surface area contributed by atoms with E-state index in [0.717, 1.165) is 39.7 Å². The normalized spacial score (nSPS) is 11.7. The molecule has 0 radical (unpaired) electrons. The van der Waals surface area contributed by atoms with Gasteiger partial charge in [0.15, 0.2) is 15.0 Å². The monoisotopic (exact) mass is 444 g/mol. The van der Waals surface area contributed by atoms with Crippen LogP contribution >= 0.6 is 11.3 Å². The molecule has 0 aliphatic carbocycles. The summed E-state index contributed by atoms with van der Waals surface area (Å²) in [4.78, 5) is 19.3. The molecule has 5 nitrogen and oxygen atoms in total. The summed E-state index contributed by atoms with van der Waals surface area (Å²) in [5.74, 6) is -0.870. The molecule has 0 saturated heterocycles. The van der Waals surface area contributed by atoms with Crippen LogP contribution in [0.3, 0.4) is 0 Å². The Morgan fingerprint density at radius 2 is 1.83 bits per heavy atom. The number of aromatic nitrogens is 1. The van der Waals surface area contributed by atoms with E-state index in [0.29, 0.717) is 18.1 Å². The van der Waals surface area contributed by atoms with Crippen molar-refractivity contribution in [2.75, 3.05) is 16.4 Å². The van der Waals surface area contributed by atoms with Crippen molar-refractivity contribution < 1.29 is 13.2 Å². The molecule has 7 heteroatoms. The molecule has 0 bridgehead atoms. The van der Waals surface area contributed by atoms with Crippen LogP contribution in [0.5, 0.6) is 0 Å². The van der Waals surface area contributed by atoms with Gasteiger partial charge in [0.25, 0.3) is 0 Å². The predicted molar refractivity (Wildman–Crippen MR) is 125 cm³/mol. The molecule has 1 amide bonds. The minimum atomic E-state index is -3.46. The Labute approximate surface area is 182 Å². The van der Waals surface area contributed by atoms with E-state index >= 15 is 0 Å². The van der Waals surface area contributed by atoms with Crippen molar-refractivity contribution >= 4 is 42.4 Å². The van der Waals surface area contributed by atoms with Gasteiger partial charge in [0.05, 0.1) is 22.5 Å². The Bertz CT molecular complexity index is 1120. The molecule has 0 aliphatic heterocycles. The Morgan fingerprint density at radius 1 is 1.10 bits per heavy atom. The second-order valence-corrected chi connectivity index (χ2v) is 10.9. The maximum Gasteiger partial charge on any atom is 0.244 e. The van der Waals surface area contributed by atoms with Gasteiger partial charge in [0.2, 0.25) is 5.91 Å². The third-order valence-electron chi connectivity index (χ3n) is 4.93. The highest BCUT2D eigenvalue weighted by molar-refractivity contribution is 7.92. The fourth-order valence-corrected chi connectivity index (χ4v) is 5.77. The molecule has 1 heterocycles. The van der Waals surface area contributed by atoms with Crippen molar-refractivity contribution in [1.82, 2.24) is 4.98 Å². The fourth-order valence-electron chi connectivity index (χ4n) is 3.42. The average molecular weight is 445 g/mol. The Balaban J connectivity index is 1.92. The Hall–Kier alpha value is -2.25. The zero-order valence-electron chi connectivity index (χ0n) is 17.7. The number of rotatable bonds is 9. The quantitative estimate of drug-likeness (QED) is 0.433. The third kappa shape index (κ3) is 5.67. The summed E-state index contributed by atoms with van der Waals surface area (Å²) in [5, 5.41) is 0.538. The van der Waals surface area contributed by atoms with Gasteiger partial charge in [-0.1, -0.05) is 67.5 Å². The molecule has 0 spiro atoms. The number of amides is 1. The summed E-state index contributed by atoms with van der Waals surface area (Å²) in [6.45, 7) is 6.36. The van der Waals surface area contributed by atoms with E-state index in [9.17, 15) is 13.2 Å². The van der Waals surface area contributed by atoms with Gasteiger partial charge in [0.1, 0.15) is 5.75 Å². The van der Waals surface area contributed by atoms with Crippen LogP contribution in [0.1, 0.15) is 42.9 Å². The van der Waals surface area contributed by atoms with Crippen LogP contribution in [0.4, 0.5) is 5.13 Å². The lowest BCUT2D eigenvalue weighted by atomic mass is 10.1. The molecule has 160 valence electrons. The van der Waals surface area contributed by atoms with Crippen LogP contribution in [0.25, 0.3) is 10.2 Å². The summed E-state index contributed by atoms with van der Waals surface area (Å²) >= 11 is 1.43. The van der Waals surface area contributed by atoms with E-state index in [-0.39, 0.29) is 5.75 Å². The molecule has 0 fully saturated rings. The number of carbonyl (C=O) groups is 1. The molecular formula is C23H28N2O3S2. The number of aryl methyl sites for hydroxylation is 2. The van der Waals surface area contributed by atoms with E-state index in [4.69, 9.17) is 0 Å². The van der Waals surface area contributed by atoms with E-state index in [1.54, 1.807) is 0 Å². The van der Waals surface area contributed by atoms with Crippen molar-refractivity contribution in [3.8, 4) is 0 Å². The molecule has 0 aliphatic rings. The SMILES string of the molecule is CCCCCS(=O)(=O)CC(=O)N(Cc1ccccc1)c1nc2cc(C)cc(C)c2s1. The minimum absolute atomic E-state index is 0.0455. The summed E-state index contributed by atoms with van der Waals surface area (Å²) in [5.41, 5.74) is 3.98.